The molecule has 0 saturated carbocycles. The van der Waals surface area contributed by atoms with Crippen molar-refractivity contribution in [2.75, 3.05) is 13.7 Å². The minimum Gasteiger partial charge on any atom is -0.497 e. The second-order valence-electron chi connectivity index (χ2n) is 5.25. The van der Waals surface area contributed by atoms with Crippen molar-refractivity contribution in [3.05, 3.63) is 71.4 Å². The highest BCUT2D eigenvalue weighted by atomic mass is 16.5. The van der Waals surface area contributed by atoms with Gasteiger partial charge in [-0.1, -0.05) is 42.0 Å². The third-order valence-corrected chi connectivity index (χ3v) is 3.40. The van der Waals surface area contributed by atoms with E-state index in [1.165, 1.54) is 11.1 Å². The lowest BCUT2D eigenvalue weighted by Crippen LogP contribution is -2.33. The summed E-state index contributed by atoms with van der Waals surface area (Å²) in [5.74, 6) is 0.787. The second-order valence-corrected chi connectivity index (χ2v) is 5.25. The molecule has 2 aromatic carbocycles. The molecule has 2 amide bonds. The van der Waals surface area contributed by atoms with Gasteiger partial charge >= 0.3 is 6.03 Å². The minimum absolute atomic E-state index is 0.212. The van der Waals surface area contributed by atoms with Gasteiger partial charge in [-0.15, -0.1) is 0 Å². The second kappa shape index (κ2) is 8.63. The Labute approximate surface area is 137 Å². The number of ether oxygens (including phenoxy) is 1. The monoisotopic (exact) mass is 310 g/mol. The average molecular weight is 310 g/mol. The molecule has 2 rings (SSSR count). The summed E-state index contributed by atoms with van der Waals surface area (Å²) in [6, 6.07) is 15.7. The molecule has 0 heterocycles. The van der Waals surface area contributed by atoms with Crippen molar-refractivity contribution in [2.24, 2.45) is 0 Å². The zero-order valence-corrected chi connectivity index (χ0v) is 13.5. The van der Waals surface area contributed by atoms with Crippen LogP contribution in [-0.2, 0) is 6.42 Å². The Hall–Kier alpha value is -2.75. The van der Waals surface area contributed by atoms with E-state index in [0.29, 0.717) is 6.54 Å². The van der Waals surface area contributed by atoms with Crippen LogP contribution in [0.1, 0.15) is 16.7 Å². The summed E-state index contributed by atoms with van der Waals surface area (Å²) in [6.45, 7) is 2.66. The molecular weight excluding hydrogens is 288 g/mol. The molecule has 0 fully saturated rings. The number of hydrogen-bond acceptors (Lipinski definition) is 2. The first kappa shape index (κ1) is 16.6. The highest BCUT2D eigenvalue weighted by Gasteiger charge is 1.98. The Morgan fingerprint density at radius 3 is 2.70 bits per heavy atom. The van der Waals surface area contributed by atoms with Crippen molar-refractivity contribution < 1.29 is 9.53 Å². The van der Waals surface area contributed by atoms with Crippen molar-refractivity contribution in [1.82, 2.24) is 10.6 Å². The van der Waals surface area contributed by atoms with Gasteiger partial charge in [0.05, 0.1) is 7.11 Å². The van der Waals surface area contributed by atoms with Crippen LogP contribution in [0, 0.1) is 6.92 Å². The number of carbonyl (C=O) groups excluding carboxylic acids is 1. The normalized spacial score (nSPS) is 10.5. The number of rotatable bonds is 6. The van der Waals surface area contributed by atoms with E-state index in [0.717, 1.165) is 17.7 Å². The van der Waals surface area contributed by atoms with E-state index in [-0.39, 0.29) is 6.03 Å². The van der Waals surface area contributed by atoms with Gasteiger partial charge in [0.25, 0.3) is 0 Å². The van der Waals surface area contributed by atoms with Crippen molar-refractivity contribution in [3.8, 4) is 5.75 Å². The molecule has 0 unspecified atom stereocenters. The van der Waals surface area contributed by atoms with Crippen molar-refractivity contribution in [3.63, 3.8) is 0 Å². The number of nitrogens with one attached hydrogen (secondary N) is 2. The zero-order chi connectivity index (χ0) is 16.5. The van der Waals surface area contributed by atoms with Crippen LogP contribution in [0.3, 0.4) is 0 Å². The maximum absolute atomic E-state index is 11.7. The summed E-state index contributed by atoms with van der Waals surface area (Å²) in [4.78, 5) is 11.7. The van der Waals surface area contributed by atoms with E-state index in [4.69, 9.17) is 4.74 Å². The molecule has 120 valence electrons. The van der Waals surface area contributed by atoms with Crippen LogP contribution in [0.4, 0.5) is 4.79 Å². The van der Waals surface area contributed by atoms with Gasteiger partial charge < -0.3 is 15.4 Å². The third-order valence-electron chi connectivity index (χ3n) is 3.40. The molecule has 0 atom stereocenters. The maximum Gasteiger partial charge on any atom is 0.318 e. The van der Waals surface area contributed by atoms with Crippen LogP contribution in [0.25, 0.3) is 6.08 Å². The van der Waals surface area contributed by atoms with Crippen molar-refractivity contribution in [1.29, 1.82) is 0 Å². The number of carbonyl (C=O) groups is 1. The summed E-state index contributed by atoms with van der Waals surface area (Å²) in [7, 11) is 1.63. The Balaban J connectivity index is 1.72. The van der Waals surface area contributed by atoms with Gasteiger partial charge in [-0.2, -0.15) is 0 Å². The highest BCUT2D eigenvalue weighted by molar-refractivity contribution is 5.75. The van der Waals surface area contributed by atoms with Crippen LogP contribution in [0.5, 0.6) is 5.75 Å². The lowest BCUT2D eigenvalue weighted by atomic mass is 10.1. The molecule has 2 N–H and O–H groups in total. The lowest BCUT2D eigenvalue weighted by Gasteiger charge is -2.05. The molecule has 0 aliphatic carbocycles. The minimum atomic E-state index is -0.212. The van der Waals surface area contributed by atoms with Gasteiger partial charge in [-0.25, -0.2) is 4.79 Å². The molecule has 23 heavy (non-hydrogen) atoms. The van der Waals surface area contributed by atoms with Crippen LogP contribution in [-0.4, -0.2) is 19.7 Å². The molecule has 0 spiro atoms. The van der Waals surface area contributed by atoms with E-state index in [1.807, 2.05) is 30.3 Å². The maximum atomic E-state index is 11.7. The van der Waals surface area contributed by atoms with Crippen LogP contribution in [0.2, 0.25) is 0 Å². The summed E-state index contributed by atoms with van der Waals surface area (Å²) in [5, 5.41) is 5.52. The van der Waals surface area contributed by atoms with Crippen LogP contribution < -0.4 is 15.4 Å². The van der Waals surface area contributed by atoms with Crippen LogP contribution >= 0.6 is 0 Å². The molecule has 0 saturated heterocycles. The number of urea groups is 1. The molecule has 2 aromatic rings. The van der Waals surface area contributed by atoms with Crippen molar-refractivity contribution >= 4 is 12.1 Å². The largest absolute Gasteiger partial charge is 0.497 e. The fourth-order valence-electron chi connectivity index (χ4n) is 2.08. The van der Waals surface area contributed by atoms with Gasteiger partial charge in [0.15, 0.2) is 0 Å². The topological polar surface area (TPSA) is 50.4 Å². The van der Waals surface area contributed by atoms with Gasteiger partial charge in [-0.05, 0) is 42.7 Å². The summed E-state index contributed by atoms with van der Waals surface area (Å²) in [5.41, 5.74) is 3.41. The standard InChI is InChI=1S/C19H22N2O2/c1-15-6-8-16(9-7-15)10-12-20-19(22)21-13-11-17-4-3-5-18(14-17)23-2/h3-9,11,13-14H,10,12H2,1-2H3,(H2,20,21,22)/b13-11+. The van der Waals surface area contributed by atoms with Crippen LogP contribution in [0.15, 0.2) is 54.7 Å². The zero-order valence-electron chi connectivity index (χ0n) is 13.5. The number of benzene rings is 2. The molecule has 0 aliphatic rings. The third kappa shape index (κ3) is 5.87. The smallest absolute Gasteiger partial charge is 0.318 e. The predicted molar refractivity (Wildman–Crippen MR) is 93.4 cm³/mol. The van der Waals surface area contributed by atoms with E-state index < -0.39 is 0 Å². The van der Waals surface area contributed by atoms with E-state index in [9.17, 15) is 4.79 Å². The molecule has 4 heteroatoms. The molecule has 0 aliphatic heterocycles. The molecule has 4 nitrogen and oxygen atoms in total. The Kier molecular flexibility index (Phi) is 6.24. The first-order chi connectivity index (χ1) is 11.2. The van der Waals surface area contributed by atoms with Crippen molar-refractivity contribution in [2.45, 2.75) is 13.3 Å². The number of aryl methyl sites for hydroxylation is 1. The van der Waals surface area contributed by atoms with E-state index in [2.05, 4.69) is 41.8 Å². The fraction of sp³-hybridized carbons (Fsp3) is 0.211. The number of hydrogen-bond donors (Lipinski definition) is 2. The molecule has 0 aromatic heterocycles. The quantitative estimate of drug-likeness (QED) is 0.858. The van der Waals surface area contributed by atoms with Gasteiger partial charge in [0.2, 0.25) is 0 Å². The average Bonchev–Trinajstić information content (AvgIpc) is 2.57. The van der Waals surface area contributed by atoms with Gasteiger partial charge in [0.1, 0.15) is 5.75 Å². The predicted octanol–water partition coefficient (Wildman–Crippen LogP) is 3.52. The summed E-state index contributed by atoms with van der Waals surface area (Å²) < 4.78 is 5.15. The molecular formula is C19H22N2O2. The SMILES string of the molecule is COc1cccc(/C=C/NC(=O)NCCc2ccc(C)cc2)c1. The Bertz CT molecular complexity index is 663. The van der Waals surface area contributed by atoms with E-state index >= 15 is 0 Å². The molecule has 0 bridgehead atoms. The molecule has 0 radical (unpaired) electrons. The van der Waals surface area contributed by atoms with Gasteiger partial charge in [-0.3, -0.25) is 0 Å². The summed E-state index contributed by atoms with van der Waals surface area (Å²) in [6.07, 6.45) is 4.26. The summed E-state index contributed by atoms with van der Waals surface area (Å²) >= 11 is 0. The first-order valence-electron chi connectivity index (χ1n) is 7.58. The van der Waals surface area contributed by atoms with Gasteiger partial charge in [0, 0.05) is 12.7 Å². The first-order valence-corrected chi connectivity index (χ1v) is 7.58. The number of methoxy groups -OCH3 is 1. The lowest BCUT2D eigenvalue weighted by molar-refractivity contribution is 0.244. The Morgan fingerprint density at radius 1 is 1.17 bits per heavy atom. The number of amides is 2. The highest BCUT2D eigenvalue weighted by Crippen LogP contribution is 2.13. The fourth-order valence-corrected chi connectivity index (χ4v) is 2.08. The van der Waals surface area contributed by atoms with E-state index in [1.54, 1.807) is 13.3 Å². The Morgan fingerprint density at radius 2 is 1.96 bits per heavy atom.